The first kappa shape index (κ1) is 26.3. The molecule has 2 aromatic carbocycles. The van der Waals surface area contributed by atoms with Gasteiger partial charge in [0.25, 0.3) is 0 Å². The summed E-state index contributed by atoms with van der Waals surface area (Å²) in [7, 11) is 0. The van der Waals surface area contributed by atoms with Crippen LogP contribution < -0.4 is 4.74 Å². The van der Waals surface area contributed by atoms with Crippen LogP contribution in [-0.4, -0.2) is 46.8 Å². The molecule has 0 bridgehead atoms. The molecule has 0 spiro atoms. The predicted molar refractivity (Wildman–Crippen MR) is 139 cm³/mol. The number of hydrogen-bond donors (Lipinski definition) is 1. The Morgan fingerprint density at radius 2 is 1.89 bits per heavy atom. The summed E-state index contributed by atoms with van der Waals surface area (Å²) in [5, 5.41) is 9.19. The Kier molecular flexibility index (Phi) is 8.82. The lowest BCUT2D eigenvalue weighted by Gasteiger charge is -2.31. The third kappa shape index (κ3) is 6.70. The van der Waals surface area contributed by atoms with Crippen molar-refractivity contribution < 1.29 is 28.6 Å². The lowest BCUT2D eigenvalue weighted by Crippen LogP contribution is -2.37. The van der Waals surface area contributed by atoms with E-state index in [0.29, 0.717) is 51.5 Å². The van der Waals surface area contributed by atoms with Crippen LogP contribution in [0.4, 0.5) is 4.79 Å². The van der Waals surface area contributed by atoms with Gasteiger partial charge in [-0.1, -0.05) is 37.6 Å². The zero-order chi connectivity index (χ0) is 26.2. The van der Waals surface area contributed by atoms with Gasteiger partial charge in [0.05, 0.1) is 18.9 Å². The van der Waals surface area contributed by atoms with Crippen molar-refractivity contribution in [1.82, 2.24) is 9.88 Å². The fourth-order valence-electron chi connectivity index (χ4n) is 4.49. The molecule has 0 unspecified atom stereocenters. The summed E-state index contributed by atoms with van der Waals surface area (Å²) in [6, 6.07) is 13.6. The summed E-state index contributed by atoms with van der Waals surface area (Å²) < 4.78 is 17.5. The molecule has 0 radical (unpaired) electrons. The van der Waals surface area contributed by atoms with Crippen LogP contribution in [0.15, 0.2) is 46.9 Å². The molecule has 1 aliphatic rings. The molecule has 1 aromatic heterocycles. The Hall–Kier alpha value is -3.81. The number of aromatic nitrogens is 1. The monoisotopic (exact) mass is 506 g/mol. The molecule has 1 aliphatic heterocycles. The van der Waals surface area contributed by atoms with Gasteiger partial charge in [-0.2, -0.15) is 0 Å². The van der Waals surface area contributed by atoms with Gasteiger partial charge in [0, 0.05) is 37.1 Å². The van der Waals surface area contributed by atoms with Gasteiger partial charge >= 0.3 is 12.1 Å². The van der Waals surface area contributed by atoms with Crippen molar-refractivity contribution in [2.24, 2.45) is 0 Å². The van der Waals surface area contributed by atoms with Crippen LogP contribution in [0.1, 0.15) is 54.3 Å². The van der Waals surface area contributed by atoms with E-state index in [2.05, 4.69) is 4.98 Å². The van der Waals surface area contributed by atoms with Crippen LogP contribution in [0.2, 0.25) is 0 Å². The average Bonchev–Trinajstić information content (AvgIpc) is 3.28. The summed E-state index contributed by atoms with van der Waals surface area (Å²) in [6.07, 6.45) is 3.10. The highest BCUT2D eigenvalue weighted by Gasteiger charge is 2.26. The lowest BCUT2D eigenvalue weighted by atomic mass is 9.92. The molecule has 2 heterocycles. The smallest absolute Gasteiger partial charge is 0.410 e. The van der Waals surface area contributed by atoms with E-state index in [4.69, 9.17) is 13.9 Å². The normalized spacial score (nSPS) is 12.8. The van der Waals surface area contributed by atoms with Gasteiger partial charge in [0.2, 0.25) is 5.89 Å². The van der Waals surface area contributed by atoms with E-state index in [0.717, 1.165) is 52.3 Å². The summed E-state index contributed by atoms with van der Waals surface area (Å²) in [6.45, 7) is 5.69. The van der Waals surface area contributed by atoms with Crippen molar-refractivity contribution >= 4 is 12.1 Å². The topological polar surface area (TPSA) is 102 Å². The zero-order valence-electron chi connectivity index (χ0n) is 21.5. The number of nitrogens with zero attached hydrogens (tertiary/aromatic N) is 2. The maximum Gasteiger partial charge on any atom is 0.410 e. The average molecular weight is 507 g/mol. The number of amides is 1. The maximum atomic E-state index is 12.6. The predicted octanol–water partition coefficient (Wildman–Crippen LogP) is 5.58. The van der Waals surface area contributed by atoms with Crippen molar-refractivity contribution in [2.45, 2.75) is 58.9 Å². The van der Waals surface area contributed by atoms with Crippen LogP contribution in [0.25, 0.3) is 11.5 Å². The molecule has 0 saturated heterocycles. The molecule has 37 heavy (non-hydrogen) atoms. The molecule has 0 aliphatic carbocycles. The number of carboxylic acid groups (broad SMARTS) is 1. The number of rotatable bonds is 11. The van der Waals surface area contributed by atoms with E-state index in [9.17, 15) is 14.7 Å². The highest BCUT2D eigenvalue weighted by Crippen LogP contribution is 2.32. The minimum absolute atomic E-state index is 0.0305. The minimum Gasteiger partial charge on any atom is -0.493 e. The third-order valence-corrected chi connectivity index (χ3v) is 6.57. The van der Waals surface area contributed by atoms with Crippen LogP contribution in [0.3, 0.4) is 0 Å². The molecule has 0 atom stereocenters. The summed E-state index contributed by atoms with van der Waals surface area (Å²) in [5.41, 5.74) is 4.70. The Morgan fingerprint density at radius 1 is 1.08 bits per heavy atom. The Bertz CT molecular complexity index is 1220. The molecule has 4 rings (SSSR count). The second kappa shape index (κ2) is 12.4. The summed E-state index contributed by atoms with van der Waals surface area (Å²) in [4.78, 5) is 30.1. The van der Waals surface area contributed by atoms with Crippen molar-refractivity contribution in [3.8, 4) is 17.2 Å². The Balaban J connectivity index is 1.46. The third-order valence-electron chi connectivity index (χ3n) is 6.57. The SMILES string of the molecule is CCCCOC(=O)N1CCc2c(OCCc3nc(-c4ccccc4)oc3C)ccc(CCC(=O)O)c2C1. The molecule has 1 amide bonds. The summed E-state index contributed by atoms with van der Waals surface area (Å²) in [5.74, 6) is 1.28. The number of carboxylic acids is 1. The van der Waals surface area contributed by atoms with Crippen molar-refractivity contribution in [3.05, 3.63) is 70.6 Å². The second-order valence-corrected chi connectivity index (χ2v) is 9.20. The van der Waals surface area contributed by atoms with Crippen LogP contribution in [-0.2, 0) is 35.3 Å². The number of oxazole rings is 1. The van der Waals surface area contributed by atoms with Gasteiger partial charge < -0.3 is 23.9 Å². The molecule has 196 valence electrons. The standard InChI is InChI=1S/C29H34N2O6/c1-3-4-17-36-29(34)31-16-14-23-24(19-31)21(11-13-27(32)33)10-12-26(23)35-18-15-25-20(2)37-28(30-25)22-8-6-5-7-9-22/h5-10,12H,3-4,11,13-19H2,1-2H3,(H,32,33). The van der Waals surface area contributed by atoms with E-state index < -0.39 is 5.97 Å². The van der Waals surface area contributed by atoms with E-state index >= 15 is 0 Å². The number of fused-ring (bicyclic) bond motifs is 1. The Labute approximate surface area is 217 Å². The molecule has 0 fully saturated rings. The van der Waals surface area contributed by atoms with Gasteiger partial charge in [-0.15, -0.1) is 0 Å². The van der Waals surface area contributed by atoms with E-state index in [1.54, 1.807) is 4.90 Å². The molecule has 0 saturated carbocycles. The highest BCUT2D eigenvalue weighted by atomic mass is 16.6. The number of aliphatic carboxylic acids is 1. The molecular weight excluding hydrogens is 472 g/mol. The van der Waals surface area contributed by atoms with Crippen molar-refractivity contribution in [2.75, 3.05) is 19.8 Å². The summed E-state index contributed by atoms with van der Waals surface area (Å²) >= 11 is 0. The first-order valence-corrected chi connectivity index (χ1v) is 12.9. The molecule has 1 N–H and O–H groups in total. The van der Waals surface area contributed by atoms with Gasteiger partial charge in [-0.05, 0) is 55.5 Å². The van der Waals surface area contributed by atoms with Crippen LogP contribution in [0, 0.1) is 6.92 Å². The highest BCUT2D eigenvalue weighted by molar-refractivity contribution is 5.69. The van der Waals surface area contributed by atoms with E-state index in [-0.39, 0.29) is 12.5 Å². The second-order valence-electron chi connectivity index (χ2n) is 9.20. The van der Waals surface area contributed by atoms with E-state index in [1.165, 1.54) is 0 Å². The molecule has 8 heteroatoms. The van der Waals surface area contributed by atoms with Crippen molar-refractivity contribution in [3.63, 3.8) is 0 Å². The number of ether oxygens (including phenoxy) is 2. The van der Waals surface area contributed by atoms with Crippen molar-refractivity contribution in [1.29, 1.82) is 0 Å². The molecular formula is C29H34N2O6. The van der Waals surface area contributed by atoms with E-state index in [1.807, 2.05) is 56.3 Å². The number of unbranched alkanes of at least 4 members (excludes halogenated alkanes) is 1. The van der Waals surface area contributed by atoms with Crippen LogP contribution >= 0.6 is 0 Å². The number of carbonyl (C=O) groups is 2. The molecule has 8 nitrogen and oxygen atoms in total. The quantitative estimate of drug-likeness (QED) is 0.339. The minimum atomic E-state index is -0.849. The number of benzene rings is 2. The first-order valence-electron chi connectivity index (χ1n) is 12.9. The van der Waals surface area contributed by atoms with Gasteiger partial charge in [0.1, 0.15) is 11.5 Å². The van der Waals surface area contributed by atoms with Crippen LogP contribution in [0.5, 0.6) is 5.75 Å². The van der Waals surface area contributed by atoms with Gasteiger partial charge in [0.15, 0.2) is 0 Å². The fraction of sp³-hybridized carbons (Fsp3) is 0.414. The van der Waals surface area contributed by atoms with Gasteiger partial charge in [-0.25, -0.2) is 9.78 Å². The largest absolute Gasteiger partial charge is 0.493 e. The number of hydrogen-bond acceptors (Lipinski definition) is 6. The Morgan fingerprint density at radius 3 is 2.65 bits per heavy atom. The maximum absolute atomic E-state index is 12.6. The first-order chi connectivity index (χ1) is 18.0. The van der Waals surface area contributed by atoms with Gasteiger partial charge in [-0.3, -0.25) is 4.79 Å². The zero-order valence-corrected chi connectivity index (χ0v) is 21.5. The molecule has 3 aromatic rings. The fourth-order valence-corrected chi connectivity index (χ4v) is 4.49. The lowest BCUT2D eigenvalue weighted by molar-refractivity contribution is -0.136. The number of aryl methyl sites for hydroxylation is 2. The number of carbonyl (C=O) groups excluding carboxylic acids is 1.